The third-order valence-corrected chi connectivity index (χ3v) is 4.33. The number of hydrogen-bond donors (Lipinski definition) is 1. The molecule has 0 saturated carbocycles. The Morgan fingerprint density at radius 1 is 1.00 bits per heavy atom. The Labute approximate surface area is 175 Å². The van der Waals surface area contributed by atoms with Gasteiger partial charge in [0.1, 0.15) is 5.60 Å². The first kappa shape index (κ1) is 21.2. The van der Waals surface area contributed by atoms with Gasteiger partial charge in [-0.3, -0.25) is 4.57 Å². The highest BCUT2D eigenvalue weighted by atomic mass is 16.6. The second-order valence-corrected chi connectivity index (χ2v) is 7.73. The number of para-hydroxylation sites is 1. The van der Waals surface area contributed by atoms with Crippen LogP contribution in [-0.4, -0.2) is 34.4 Å². The zero-order valence-corrected chi connectivity index (χ0v) is 17.3. The summed E-state index contributed by atoms with van der Waals surface area (Å²) in [4.78, 5) is 25.3. The van der Waals surface area contributed by atoms with Crippen molar-refractivity contribution in [2.45, 2.75) is 32.0 Å². The summed E-state index contributed by atoms with van der Waals surface area (Å²) in [5.41, 5.74) is -1.76. The molecule has 154 valence electrons. The average Bonchev–Trinajstić information content (AvgIpc) is 3.11. The zero-order valence-electron chi connectivity index (χ0n) is 17.3. The zero-order chi connectivity index (χ0) is 21.9. The fourth-order valence-electron chi connectivity index (χ4n) is 2.99. The molecule has 0 radical (unpaired) electrons. The number of carbonyl (C=O) groups is 2. The molecule has 1 atom stereocenters. The fourth-order valence-corrected chi connectivity index (χ4v) is 2.99. The number of aliphatic hydroxyl groups is 1. The number of benzene rings is 2. The van der Waals surface area contributed by atoms with Crippen molar-refractivity contribution in [3.8, 4) is 11.8 Å². The molecule has 3 rings (SSSR count). The number of ether oxygens (including phenoxy) is 2. The molecule has 1 heterocycles. The van der Waals surface area contributed by atoms with E-state index in [0.717, 1.165) is 0 Å². The highest BCUT2D eigenvalue weighted by Crippen LogP contribution is 2.32. The van der Waals surface area contributed by atoms with Gasteiger partial charge in [0.05, 0.1) is 12.6 Å². The van der Waals surface area contributed by atoms with Crippen LogP contribution in [0, 0.1) is 11.8 Å². The van der Waals surface area contributed by atoms with Crippen LogP contribution in [-0.2, 0) is 19.9 Å². The van der Waals surface area contributed by atoms with Crippen LogP contribution in [0.3, 0.4) is 0 Å². The third kappa shape index (κ3) is 4.22. The summed E-state index contributed by atoms with van der Waals surface area (Å²) < 4.78 is 11.6. The van der Waals surface area contributed by atoms with Gasteiger partial charge in [-0.05, 0) is 44.9 Å². The molecule has 30 heavy (non-hydrogen) atoms. The van der Waals surface area contributed by atoms with Crippen molar-refractivity contribution in [1.29, 1.82) is 0 Å². The lowest BCUT2D eigenvalue weighted by Gasteiger charge is -2.20. The number of rotatable bonds is 2. The second kappa shape index (κ2) is 8.05. The van der Waals surface area contributed by atoms with Gasteiger partial charge in [-0.25, -0.2) is 9.59 Å². The molecule has 1 aromatic heterocycles. The lowest BCUT2D eigenvalue weighted by Crippen LogP contribution is -2.35. The highest BCUT2D eigenvalue weighted by molar-refractivity contribution is 5.98. The van der Waals surface area contributed by atoms with Crippen molar-refractivity contribution in [1.82, 2.24) is 4.57 Å². The van der Waals surface area contributed by atoms with Crippen LogP contribution in [0.15, 0.2) is 60.8 Å². The van der Waals surface area contributed by atoms with Crippen molar-refractivity contribution in [2.75, 3.05) is 7.11 Å². The summed E-state index contributed by atoms with van der Waals surface area (Å²) in [7, 11) is 1.17. The Morgan fingerprint density at radius 2 is 1.63 bits per heavy atom. The third-order valence-electron chi connectivity index (χ3n) is 4.33. The van der Waals surface area contributed by atoms with Crippen LogP contribution in [0.2, 0.25) is 0 Å². The van der Waals surface area contributed by atoms with E-state index in [9.17, 15) is 14.7 Å². The van der Waals surface area contributed by atoms with E-state index in [0.29, 0.717) is 16.5 Å². The number of esters is 1. The van der Waals surface area contributed by atoms with Gasteiger partial charge in [0.15, 0.2) is 0 Å². The van der Waals surface area contributed by atoms with E-state index in [4.69, 9.17) is 9.47 Å². The lowest BCUT2D eigenvalue weighted by molar-refractivity contribution is -0.157. The van der Waals surface area contributed by atoms with Gasteiger partial charge in [0.25, 0.3) is 5.60 Å². The summed E-state index contributed by atoms with van der Waals surface area (Å²) in [6, 6.07) is 15.8. The maximum absolute atomic E-state index is 12.7. The molecule has 6 heteroatoms. The molecule has 6 nitrogen and oxygen atoms in total. The summed E-state index contributed by atoms with van der Waals surface area (Å²) >= 11 is 0. The first-order chi connectivity index (χ1) is 14.2. The van der Waals surface area contributed by atoms with E-state index >= 15 is 0 Å². The van der Waals surface area contributed by atoms with Gasteiger partial charge in [-0.2, -0.15) is 0 Å². The summed E-state index contributed by atoms with van der Waals surface area (Å²) in [5.74, 6) is 4.51. The second-order valence-electron chi connectivity index (χ2n) is 7.73. The molecule has 0 spiro atoms. The predicted octanol–water partition coefficient (Wildman–Crippen LogP) is 3.84. The molecular formula is C24H23NO5. The largest absolute Gasteiger partial charge is 0.466 e. The van der Waals surface area contributed by atoms with E-state index in [1.807, 2.05) is 6.07 Å². The molecule has 0 aliphatic heterocycles. The van der Waals surface area contributed by atoms with Crippen LogP contribution in [0.25, 0.3) is 10.9 Å². The summed E-state index contributed by atoms with van der Waals surface area (Å²) in [5, 5.41) is 11.8. The molecule has 0 aliphatic rings. The molecule has 2 aromatic carbocycles. The minimum absolute atomic E-state index is 0.138. The molecule has 0 aliphatic carbocycles. The number of aromatic nitrogens is 1. The average molecular weight is 405 g/mol. The standard InChI is InChI=1S/C24H23NO5/c1-23(2,3)30-22(27)25-16-19(18-12-8-9-13-20(18)25)24(28,21(26)29-4)15-14-17-10-6-5-7-11-17/h5-13,16,28H,1-4H3. The van der Waals surface area contributed by atoms with Gasteiger partial charge in [-0.1, -0.05) is 42.3 Å². The van der Waals surface area contributed by atoms with Crippen LogP contribution >= 0.6 is 0 Å². The van der Waals surface area contributed by atoms with Gasteiger partial charge in [0.2, 0.25) is 0 Å². The van der Waals surface area contributed by atoms with Crippen LogP contribution < -0.4 is 0 Å². The Kier molecular flexibility index (Phi) is 5.68. The minimum atomic E-state index is -2.28. The SMILES string of the molecule is COC(=O)C(O)(C#Cc1ccccc1)c1cn(C(=O)OC(C)(C)C)c2ccccc12. The summed E-state index contributed by atoms with van der Waals surface area (Å²) in [6.07, 6.45) is 0.739. The monoisotopic (exact) mass is 405 g/mol. The summed E-state index contributed by atoms with van der Waals surface area (Å²) in [6.45, 7) is 5.27. The smallest absolute Gasteiger partial charge is 0.419 e. The first-order valence-corrected chi connectivity index (χ1v) is 9.38. The van der Waals surface area contributed by atoms with Gasteiger partial charge >= 0.3 is 12.1 Å². The number of methoxy groups -OCH3 is 1. The molecule has 0 saturated heterocycles. The first-order valence-electron chi connectivity index (χ1n) is 9.38. The van der Waals surface area contributed by atoms with Crippen molar-refractivity contribution >= 4 is 23.0 Å². The van der Waals surface area contributed by atoms with Gasteiger partial charge in [-0.15, -0.1) is 0 Å². The number of carbonyl (C=O) groups excluding carboxylic acids is 2. The highest BCUT2D eigenvalue weighted by Gasteiger charge is 2.41. The lowest BCUT2D eigenvalue weighted by atomic mass is 9.93. The van der Waals surface area contributed by atoms with E-state index < -0.39 is 23.3 Å². The van der Waals surface area contributed by atoms with Gasteiger partial charge in [0, 0.05) is 22.7 Å². The molecule has 0 bridgehead atoms. The predicted molar refractivity (Wildman–Crippen MR) is 113 cm³/mol. The Bertz CT molecular complexity index is 1150. The van der Waals surface area contributed by atoms with Crippen LogP contribution in [0.4, 0.5) is 4.79 Å². The fraction of sp³-hybridized carbons (Fsp3) is 0.250. The Morgan fingerprint density at radius 3 is 2.27 bits per heavy atom. The molecule has 1 N–H and O–H groups in total. The number of fused-ring (bicyclic) bond motifs is 1. The van der Waals surface area contributed by atoms with Crippen molar-refractivity contribution < 1.29 is 24.2 Å². The van der Waals surface area contributed by atoms with Crippen LogP contribution in [0.5, 0.6) is 0 Å². The molecule has 3 aromatic rings. The quantitative estimate of drug-likeness (QED) is 0.518. The van der Waals surface area contributed by atoms with Crippen LogP contribution in [0.1, 0.15) is 31.9 Å². The molecule has 0 amide bonds. The maximum Gasteiger partial charge on any atom is 0.419 e. The molecule has 0 fully saturated rings. The van der Waals surface area contributed by atoms with E-state index in [1.54, 1.807) is 69.3 Å². The van der Waals surface area contributed by atoms with E-state index in [1.165, 1.54) is 17.9 Å². The van der Waals surface area contributed by atoms with E-state index in [2.05, 4.69) is 11.8 Å². The van der Waals surface area contributed by atoms with E-state index in [-0.39, 0.29) is 5.56 Å². The Balaban J connectivity index is 2.20. The molecular weight excluding hydrogens is 382 g/mol. The Hall–Kier alpha value is -3.56. The topological polar surface area (TPSA) is 77.8 Å². The maximum atomic E-state index is 12.7. The normalized spacial score (nSPS) is 13.1. The minimum Gasteiger partial charge on any atom is -0.466 e. The van der Waals surface area contributed by atoms with Crippen molar-refractivity contribution in [3.63, 3.8) is 0 Å². The van der Waals surface area contributed by atoms with Crippen molar-refractivity contribution in [2.24, 2.45) is 0 Å². The van der Waals surface area contributed by atoms with Crippen molar-refractivity contribution in [3.05, 3.63) is 71.9 Å². The number of hydrogen-bond acceptors (Lipinski definition) is 5. The van der Waals surface area contributed by atoms with Gasteiger partial charge < -0.3 is 14.6 Å². The molecule has 1 unspecified atom stereocenters. The number of nitrogens with zero attached hydrogens (tertiary/aromatic N) is 1.